The first-order chi connectivity index (χ1) is 17.3. The largest absolute Gasteiger partial charge is 0.375 e. The third-order valence-electron chi connectivity index (χ3n) is 8.51. The third kappa shape index (κ3) is 4.86. The van der Waals surface area contributed by atoms with Gasteiger partial charge in [-0.05, 0) is 61.1 Å². The molecule has 5 rings (SSSR count). The summed E-state index contributed by atoms with van der Waals surface area (Å²) < 4.78 is 5.86. The predicted octanol–water partition coefficient (Wildman–Crippen LogP) is 6.88. The second-order valence-corrected chi connectivity index (χ2v) is 11.9. The van der Waals surface area contributed by atoms with Gasteiger partial charge in [-0.2, -0.15) is 0 Å². The van der Waals surface area contributed by atoms with Crippen LogP contribution in [0.2, 0.25) is 10.0 Å². The van der Waals surface area contributed by atoms with Crippen molar-refractivity contribution in [3.8, 4) is 0 Å². The molecule has 3 fully saturated rings. The number of hydrogen-bond donors (Lipinski definition) is 0. The van der Waals surface area contributed by atoms with E-state index < -0.39 is 5.41 Å². The second-order valence-electron chi connectivity index (χ2n) is 11.0. The van der Waals surface area contributed by atoms with E-state index in [2.05, 4.69) is 54.5 Å². The van der Waals surface area contributed by atoms with Crippen LogP contribution in [-0.4, -0.2) is 53.6 Å². The number of hydrogen-bond acceptors (Lipinski definition) is 3. The molecule has 3 saturated heterocycles. The van der Waals surface area contributed by atoms with Gasteiger partial charge in [0.2, 0.25) is 5.91 Å². The summed E-state index contributed by atoms with van der Waals surface area (Å²) in [7, 11) is 0. The molecule has 3 aliphatic rings. The highest BCUT2D eigenvalue weighted by Gasteiger charge is 2.51. The molecule has 0 saturated carbocycles. The lowest BCUT2D eigenvalue weighted by Gasteiger charge is -2.52. The maximum absolute atomic E-state index is 14.4. The predicted molar refractivity (Wildman–Crippen MR) is 147 cm³/mol. The molecule has 3 heterocycles. The monoisotopic (exact) mass is 526 g/mol. The minimum atomic E-state index is -0.530. The number of benzene rings is 2. The van der Waals surface area contributed by atoms with E-state index in [1.807, 2.05) is 30.3 Å². The van der Waals surface area contributed by atoms with Crippen molar-refractivity contribution in [2.45, 2.75) is 69.7 Å². The number of piperidine rings is 1. The Morgan fingerprint density at radius 1 is 1.17 bits per heavy atom. The molecule has 0 spiro atoms. The summed E-state index contributed by atoms with van der Waals surface area (Å²) in [4.78, 5) is 19.2. The summed E-state index contributed by atoms with van der Waals surface area (Å²) in [6.07, 6.45) is 5.60. The molecule has 0 unspecified atom stereocenters. The van der Waals surface area contributed by atoms with E-state index in [0.717, 1.165) is 49.5 Å². The Balaban J connectivity index is 1.60. The molecule has 6 heteroatoms. The van der Waals surface area contributed by atoms with Crippen molar-refractivity contribution < 1.29 is 9.53 Å². The van der Waals surface area contributed by atoms with Crippen LogP contribution < -0.4 is 0 Å². The summed E-state index contributed by atoms with van der Waals surface area (Å²) in [6.45, 7) is 10.9. The van der Waals surface area contributed by atoms with Crippen molar-refractivity contribution >= 4 is 29.1 Å². The molecule has 6 atom stereocenters. The number of likely N-dealkylation sites (tertiary alicyclic amines) is 2. The molecule has 2 bridgehead atoms. The van der Waals surface area contributed by atoms with Crippen LogP contribution in [0.1, 0.15) is 62.6 Å². The molecule has 0 N–H and O–H groups in total. The van der Waals surface area contributed by atoms with E-state index in [4.69, 9.17) is 27.9 Å². The standard InChI is InChI=1S/C30H36Cl2N2O2/c1-4-13-30(3)16-27(21-7-6-8-23(32)14-21)28(20-9-11-22(31)12-10-20)34(29(30)35)24(5-2)17-33-18-26-15-25(33)19-36-26/h4,6-12,14,24-28H,1,5,13,15-19H2,2-3H3/t24-,25-,26-,27+,28+,30-/m0/s1. The molecule has 2 aromatic rings. The maximum atomic E-state index is 14.4. The Bertz CT molecular complexity index is 1110. The Hall–Kier alpha value is -1.85. The minimum absolute atomic E-state index is 0.0867. The second kappa shape index (κ2) is 10.5. The molecular weight excluding hydrogens is 491 g/mol. The van der Waals surface area contributed by atoms with E-state index in [1.54, 1.807) is 0 Å². The Morgan fingerprint density at radius 3 is 2.56 bits per heavy atom. The van der Waals surface area contributed by atoms with Gasteiger partial charge in [0.15, 0.2) is 0 Å². The molecule has 192 valence electrons. The molecule has 0 aliphatic carbocycles. The van der Waals surface area contributed by atoms with Crippen LogP contribution in [0.15, 0.2) is 61.2 Å². The van der Waals surface area contributed by atoms with Gasteiger partial charge in [-0.3, -0.25) is 9.69 Å². The van der Waals surface area contributed by atoms with Crippen molar-refractivity contribution in [1.82, 2.24) is 9.80 Å². The van der Waals surface area contributed by atoms with Gasteiger partial charge in [0.25, 0.3) is 0 Å². The number of fused-ring (bicyclic) bond motifs is 2. The van der Waals surface area contributed by atoms with Crippen molar-refractivity contribution in [2.24, 2.45) is 5.41 Å². The fourth-order valence-electron chi connectivity index (χ4n) is 6.68. The fraction of sp³-hybridized carbons (Fsp3) is 0.500. The number of amides is 1. The van der Waals surface area contributed by atoms with Gasteiger partial charge in [-0.1, -0.05) is 67.4 Å². The van der Waals surface area contributed by atoms with Crippen LogP contribution >= 0.6 is 23.2 Å². The summed E-state index contributed by atoms with van der Waals surface area (Å²) in [5.74, 6) is 0.313. The van der Waals surface area contributed by atoms with Gasteiger partial charge in [0.05, 0.1) is 24.2 Å². The van der Waals surface area contributed by atoms with E-state index >= 15 is 0 Å². The van der Waals surface area contributed by atoms with Crippen LogP contribution in [0.25, 0.3) is 0 Å². The van der Waals surface area contributed by atoms with Gasteiger partial charge >= 0.3 is 0 Å². The Labute approximate surface area is 225 Å². The van der Waals surface area contributed by atoms with Gasteiger partial charge in [-0.15, -0.1) is 6.58 Å². The zero-order valence-corrected chi connectivity index (χ0v) is 22.7. The Kier molecular flexibility index (Phi) is 7.51. The Morgan fingerprint density at radius 2 is 1.94 bits per heavy atom. The van der Waals surface area contributed by atoms with Crippen LogP contribution in [0.3, 0.4) is 0 Å². The summed E-state index contributed by atoms with van der Waals surface area (Å²) in [5, 5.41) is 1.42. The van der Waals surface area contributed by atoms with Gasteiger partial charge in [-0.25, -0.2) is 0 Å². The van der Waals surface area contributed by atoms with E-state index in [-0.39, 0.29) is 23.9 Å². The molecule has 3 aliphatic heterocycles. The van der Waals surface area contributed by atoms with E-state index in [0.29, 0.717) is 23.6 Å². The highest BCUT2D eigenvalue weighted by Crippen LogP contribution is 2.52. The minimum Gasteiger partial charge on any atom is -0.375 e. The highest BCUT2D eigenvalue weighted by molar-refractivity contribution is 6.30. The van der Waals surface area contributed by atoms with Gasteiger partial charge in [0.1, 0.15) is 0 Å². The number of allylic oxidation sites excluding steroid dienone is 1. The van der Waals surface area contributed by atoms with Gasteiger partial charge in [0, 0.05) is 41.1 Å². The SMILES string of the molecule is C=CC[C@@]1(C)C[C@H](c2cccc(Cl)c2)[C@@H](c2ccc(Cl)cc2)N([C@@H](CC)CN2C[C@@H]3C[C@H]2CO3)C1=O. The normalized spacial score (nSPS) is 31.1. The zero-order valence-electron chi connectivity index (χ0n) is 21.2. The molecule has 2 aromatic carbocycles. The number of ether oxygens (including phenoxy) is 1. The molecule has 0 radical (unpaired) electrons. The fourth-order valence-corrected chi connectivity index (χ4v) is 7.00. The number of carbonyl (C=O) groups is 1. The molecule has 4 nitrogen and oxygen atoms in total. The topological polar surface area (TPSA) is 32.8 Å². The van der Waals surface area contributed by atoms with Crippen LogP contribution in [-0.2, 0) is 9.53 Å². The first-order valence-corrected chi connectivity index (χ1v) is 13.9. The number of carbonyl (C=O) groups excluding carboxylic acids is 1. The van der Waals surface area contributed by atoms with Crippen LogP contribution in [0.4, 0.5) is 0 Å². The van der Waals surface area contributed by atoms with Crippen molar-refractivity contribution in [3.05, 3.63) is 82.4 Å². The first-order valence-electron chi connectivity index (χ1n) is 13.1. The summed E-state index contributed by atoms with van der Waals surface area (Å²) in [5.41, 5.74) is 1.75. The van der Waals surface area contributed by atoms with E-state index in [1.165, 1.54) is 5.56 Å². The number of morpholine rings is 1. The van der Waals surface area contributed by atoms with Crippen LogP contribution in [0, 0.1) is 5.41 Å². The number of rotatable bonds is 8. The number of halogens is 2. The van der Waals surface area contributed by atoms with Crippen molar-refractivity contribution in [3.63, 3.8) is 0 Å². The van der Waals surface area contributed by atoms with Crippen LogP contribution in [0.5, 0.6) is 0 Å². The quantitative estimate of drug-likeness (QED) is 0.351. The maximum Gasteiger partial charge on any atom is 0.229 e. The lowest BCUT2D eigenvalue weighted by Crippen LogP contribution is -2.58. The van der Waals surface area contributed by atoms with Gasteiger partial charge < -0.3 is 9.64 Å². The van der Waals surface area contributed by atoms with Crippen molar-refractivity contribution in [2.75, 3.05) is 19.7 Å². The smallest absolute Gasteiger partial charge is 0.229 e. The third-order valence-corrected chi connectivity index (χ3v) is 9.00. The summed E-state index contributed by atoms with van der Waals surface area (Å²) in [6, 6.07) is 16.6. The summed E-state index contributed by atoms with van der Waals surface area (Å²) >= 11 is 12.8. The van der Waals surface area contributed by atoms with Crippen molar-refractivity contribution in [1.29, 1.82) is 0 Å². The average molecular weight is 528 g/mol. The number of nitrogens with zero attached hydrogens (tertiary/aromatic N) is 2. The highest BCUT2D eigenvalue weighted by atomic mass is 35.5. The molecular formula is C30H36Cl2N2O2. The lowest BCUT2D eigenvalue weighted by atomic mass is 9.67. The molecule has 0 aromatic heterocycles. The molecule has 1 amide bonds. The average Bonchev–Trinajstić information content (AvgIpc) is 3.49. The molecule has 36 heavy (non-hydrogen) atoms. The van der Waals surface area contributed by atoms with E-state index in [9.17, 15) is 4.79 Å². The zero-order chi connectivity index (χ0) is 25.4. The lowest BCUT2D eigenvalue weighted by molar-refractivity contribution is -0.155. The first kappa shape index (κ1) is 25.8.